The van der Waals surface area contributed by atoms with Gasteiger partial charge in [0.2, 0.25) is 5.91 Å². The van der Waals surface area contributed by atoms with Crippen molar-refractivity contribution in [2.75, 3.05) is 32.7 Å². The van der Waals surface area contributed by atoms with E-state index >= 15 is 0 Å². The number of piperidine rings is 1. The van der Waals surface area contributed by atoms with Crippen LogP contribution in [0.4, 0.5) is 4.79 Å². The van der Waals surface area contributed by atoms with Gasteiger partial charge in [-0.25, -0.2) is 4.79 Å². The molecule has 0 aliphatic carbocycles. The highest BCUT2D eigenvalue weighted by atomic mass is 16.2. The molecule has 2 fully saturated rings. The maximum atomic E-state index is 12.2. The minimum Gasteiger partial charge on any atom is -0.352 e. The summed E-state index contributed by atoms with van der Waals surface area (Å²) in [5.74, 6) is 1.22. The van der Waals surface area contributed by atoms with Gasteiger partial charge in [0.05, 0.1) is 0 Å². The van der Waals surface area contributed by atoms with Crippen molar-refractivity contribution < 1.29 is 9.59 Å². The van der Waals surface area contributed by atoms with Gasteiger partial charge in [-0.05, 0) is 51.1 Å². The molecule has 6 nitrogen and oxygen atoms in total. The van der Waals surface area contributed by atoms with Crippen LogP contribution in [-0.2, 0) is 4.79 Å². The van der Waals surface area contributed by atoms with Crippen molar-refractivity contribution >= 4 is 11.9 Å². The molecule has 2 atom stereocenters. The number of amides is 3. The quantitative estimate of drug-likeness (QED) is 0.707. The standard InChI is InChI=1S/C16H30N4O2/c1-3-18-16(22)20-9-6-14(11-20)19-15(21)10-12(2)13-4-7-17-8-5-13/h12-14,17H,3-11H2,1-2H3,(H,18,22)(H,19,21). The summed E-state index contributed by atoms with van der Waals surface area (Å²) < 4.78 is 0. The maximum Gasteiger partial charge on any atom is 0.317 e. The monoisotopic (exact) mass is 310 g/mol. The Morgan fingerprint density at radius 1 is 1.27 bits per heavy atom. The minimum absolute atomic E-state index is 0.0256. The minimum atomic E-state index is -0.0256. The first-order chi connectivity index (χ1) is 10.6. The van der Waals surface area contributed by atoms with Gasteiger partial charge >= 0.3 is 6.03 Å². The van der Waals surface area contributed by atoms with Crippen LogP contribution in [0.2, 0.25) is 0 Å². The van der Waals surface area contributed by atoms with E-state index in [1.165, 1.54) is 12.8 Å². The fourth-order valence-corrected chi connectivity index (χ4v) is 3.48. The van der Waals surface area contributed by atoms with Crippen LogP contribution in [0.5, 0.6) is 0 Å². The topological polar surface area (TPSA) is 73.5 Å². The molecule has 126 valence electrons. The average molecular weight is 310 g/mol. The third-order valence-corrected chi connectivity index (χ3v) is 4.86. The zero-order valence-corrected chi connectivity index (χ0v) is 13.9. The molecule has 3 N–H and O–H groups in total. The number of hydrogen-bond donors (Lipinski definition) is 3. The fraction of sp³-hybridized carbons (Fsp3) is 0.875. The third kappa shape index (κ3) is 4.87. The van der Waals surface area contributed by atoms with E-state index in [1.54, 1.807) is 4.90 Å². The van der Waals surface area contributed by atoms with Crippen molar-refractivity contribution in [2.24, 2.45) is 11.8 Å². The van der Waals surface area contributed by atoms with E-state index in [-0.39, 0.29) is 18.0 Å². The lowest BCUT2D eigenvalue weighted by molar-refractivity contribution is -0.123. The normalized spacial score (nSPS) is 24.1. The predicted molar refractivity (Wildman–Crippen MR) is 86.6 cm³/mol. The lowest BCUT2D eigenvalue weighted by atomic mass is 9.84. The first kappa shape index (κ1) is 17.1. The van der Waals surface area contributed by atoms with Crippen LogP contribution >= 0.6 is 0 Å². The zero-order valence-electron chi connectivity index (χ0n) is 13.9. The van der Waals surface area contributed by atoms with Crippen molar-refractivity contribution in [3.8, 4) is 0 Å². The zero-order chi connectivity index (χ0) is 15.9. The Balaban J connectivity index is 1.70. The van der Waals surface area contributed by atoms with Crippen LogP contribution in [0, 0.1) is 11.8 Å². The molecule has 2 aliphatic heterocycles. The van der Waals surface area contributed by atoms with Crippen LogP contribution in [0.15, 0.2) is 0 Å². The van der Waals surface area contributed by atoms with E-state index in [4.69, 9.17) is 0 Å². The molecule has 0 aromatic heterocycles. The fourth-order valence-electron chi connectivity index (χ4n) is 3.48. The molecule has 6 heteroatoms. The number of hydrogen-bond acceptors (Lipinski definition) is 3. The van der Waals surface area contributed by atoms with E-state index in [1.807, 2.05) is 6.92 Å². The first-order valence-electron chi connectivity index (χ1n) is 8.63. The number of nitrogens with zero attached hydrogens (tertiary/aromatic N) is 1. The largest absolute Gasteiger partial charge is 0.352 e. The number of urea groups is 1. The van der Waals surface area contributed by atoms with Crippen LogP contribution in [-0.4, -0.2) is 55.6 Å². The summed E-state index contributed by atoms with van der Waals surface area (Å²) in [7, 11) is 0. The van der Waals surface area contributed by atoms with Crippen molar-refractivity contribution in [1.82, 2.24) is 20.9 Å². The van der Waals surface area contributed by atoms with Gasteiger partial charge in [-0.15, -0.1) is 0 Å². The molecule has 2 heterocycles. The molecule has 3 amide bonds. The predicted octanol–water partition coefficient (Wildman–Crippen LogP) is 0.932. The highest BCUT2D eigenvalue weighted by molar-refractivity contribution is 5.77. The Kier molecular flexibility index (Phi) is 6.49. The van der Waals surface area contributed by atoms with Crippen LogP contribution < -0.4 is 16.0 Å². The highest BCUT2D eigenvalue weighted by Gasteiger charge is 2.28. The summed E-state index contributed by atoms with van der Waals surface area (Å²) in [4.78, 5) is 25.7. The van der Waals surface area contributed by atoms with E-state index in [0.717, 1.165) is 26.1 Å². The van der Waals surface area contributed by atoms with Crippen molar-refractivity contribution in [3.63, 3.8) is 0 Å². The highest BCUT2D eigenvalue weighted by Crippen LogP contribution is 2.24. The molecule has 2 unspecified atom stereocenters. The lowest BCUT2D eigenvalue weighted by Gasteiger charge is -2.28. The molecule has 22 heavy (non-hydrogen) atoms. The van der Waals surface area contributed by atoms with Gasteiger partial charge in [0.15, 0.2) is 0 Å². The van der Waals surface area contributed by atoms with E-state index in [9.17, 15) is 9.59 Å². The molecule has 0 aromatic rings. The Morgan fingerprint density at radius 2 is 2.00 bits per heavy atom. The Labute approximate surface area is 133 Å². The second kappa shape index (κ2) is 8.36. The molecule has 0 saturated carbocycles. The number of rotatable bonds is 5. The first-order valence-corrected chi connectivity index (χ1v) is 8.63. The van der Waals surface area contributed by atoms with Crippen molar-refractivity contribution in [1.29, 1.82) is 0 Å². The molecule has 0 spiro atoms. The summed E-state index contributed by atoms with van der Waals surface area (Å²) in [5.41, 5.74) is 0. The SMILES string of the molecule is CCNC(=O)N1CCC(NC(=O)CC(C)C2CCNCC2)C1. The second-order valence-electron chi connectivity index (χ2n) is 6.60. The molecular weight excluding hydrogens is 280 g/mol. The van der Waals surface area contributed by atoms with Crippen LogP contribution in [0.25, 0.3) is 0 Å². The Hall–Kier alpha value is -1.30. The smallest absolute Gasteiger partial charge is 0.317 e. The van der Waals surface area contributed by atoms with Gasteiger partial charge in [0.1, 0.15) is 0 Å². The number of carbonyl (C=O) groups excluding carboxylic acids is 2. The third-order valence-electron chi connectivity index (χ3n) is 4.86. The molecular formula is C16H30N4O2. The summed E-state index contributed by atoms with van der Waals surface area (Å²) in [5, 5.41) is 9.27. The Bertz CT molecular complexity index is 382. The lowest BCUT2D eigenvalue weighted by Crippen LogP contribution is -2.42. The Morgan fingerprint density at radius 3 is 2.68 bits per heavy atom. The summed E-state index contributed by atoms with van der Waals surface area (Å²) in [6.07, 6.45) is 3.79. The molecule has 0 bridgehead atoms. The molecule has 2 saturated heterocycles. The van der Waals surface area contributed by atoms with Gasteiger partial charge in [0, 0.05) is 32.1 Å². The van der Waals surface area contributed by atoms with Crippen LogP contribution in [0.3, 0.4) is 0 Å². The molecule has 2 aliphatic rings. The van der Waals surface area contributed by atoms with Gasteiger partial charge in [-0.3, -0.25) is 4.79 Å². The second-order valence-corrected chi connectivity index (χ2v) is 6.60. The van der Waals surface area contributed by atoms with E-state index < -0.39 is 0 Å². The van der Waals surface area contributed by atoms with E-state index in [0.29, 0.717) is 31.3 Å². The van der Waals surface area contributed by atoms with Crippen molar-refractivity contribution in [3.05, 3.63) is 0 Å². The van der Waals surface area contributed by atoms with Gasteiger partial charge < -0.3 is 20.9 Å². The summed E-state index contributed by atoms with van der Waals surface area (Å²) >= 11 is 0. The molecule has 0 radical (unpaired) electrons. The molecule has 0 aromatic carbocycles. The summed E-state index contributed by atoms with van der Waals surface area (Å²) in [6, 6.07) is 0.0812. The van der Waals surface area contributed by atoms with E-state index in [2.05, 4.69) is 22.9 Å². The number of likely N-dealkylation sites (tertiary alicyclic amines) is 1. The average Bonchev–Trinajstić information content (AvgIpc) is 2.96. The molecule has 2 rings (SSSR count). The summed E-state index contributed by atoms with van der Waals surface area (Å²) in [6.45, 7) is 8.22. The van der Waals surface area contributed by atoms with Gasteiger partial charge in [-0.1, -0.05) is 6.92 Å². The number of nitrogens with one attached hydrogen (secondary N) is 3. The van der Waals surface area contributed by atoms with Crippen molar-refractivity contribution in [2.45, 2.75) is 45.6 Å². The van der Waals surface area contributed by atoms with Gasteiger partial charge in [-0.2, -0.15) is 0 Å². The number of carbonyl (C=O) groups is 2. The van der Waals surface area contributed by atoms with Gasteiger partial charge in [0.25, 0.3) is 0 Å². The van der Waals surface area contributed by atoms with Crippen LogP contribution in [0.1, 0.15) is 39.5 Å². The maximum absolute atomic E-state index is 12.2.